The molecule has 0 spiro atoms. The average molecular weight is 477 g/mol. The normalized spacial score (nSPS) is 12.9. The van der Waals surface area contributed by atoms with E-state index in [1.165, 1.54) is 44.1 Å². The van der Waals surface area contributed by atoms with E-state index in [2.05, 4.69) is 51.2 Å². The van der Waals surface area contributed by atoms with Crippen LogP contribution in [0, 0.1) is 12.2 Å². The van der Waals surface area contributed by atoms with Crippen LogP contribution in [-0.4, -0.2) is 5.43 Å². The van der Waals surface area contributed by atoms with Gasteiger partial charge in [-0.25, -0.2) is 23.8 Å². The van der Waals surface area contributed by atoms with Crippen molar-refractivity contribution in [3.05, 3.63) is 48.1 Å². The molecule has 0 radical (unpaired) electrons. The van der Waals surface area contributed by atoms with E-state index in [-0.39, 0.29) is 30.2 Å². The summed E-state index contributed by atoms with van der Waals surface area (Å²) >= 11 is 1.86. The monoisotopic (exact) mass is 474 g/mol. The quantitative estimate of drug-likeness (QED) is 0.361. The summed E-state index contributed by atoms with van der Waals surface area (Å²) in [5, 5.41) is 0. The van der Waals surface area contributed by atoms with Gasteiger partial charge in [-0.1, -0.05) is 19.8 Å². The second-order valence-electron chi connectivity index (χ2n) is 5.90. The van der Waals surface area contributed by atoms with Gasteiger partial charge in [0, 0.05) is 0 Å². The molecule has 0 heterocycles. The molecular weight excluding hydrogens is 442 g/mol. The van der Waals surface area contributed by atoms with E-state index in [0.717, 1.165) is 12.8 Å². The van der Waals surface area contributed by atoms with Gasteiger partial charge in [0.05, 0.1) is 0 Å². The van der Waals surface area contributed by atoms with E-state index in [1.807, 2.05) is 35.5 Å². The molecule has 0 aromatic heterocycles. The van der Waals surface area contributed by atoms with Gasteiger partial charge in [0.2, 0.25) is 0 Å². The van der Waals surface area contributed by atoms with Crippen LogP contribution in [0.5, 0.6) is 0 Å². The molecule has 0 amide bonds. The average Bonchev–Trinajstić information content (AvgIpc) is 3.27. The first-order valence-corrected chi connectivity index (χ1v) is 14.9. The fourth-order valence-corrected chi connectivity index (χ4v) is 6.57. The van der Waals surface area contributed by atoms with Crippen molar-refractivity contribution >= 4 is 5.43 Å². The second kappa shape index (κ2) is 24.6. The summed E-state index contributed by atoms with van der Waals surface area (Å²) < 4.78 is 0. The standard InChI is InChI=1S/C8H18Si.C8H11.C5H5.2ClH.Zr/c1-3-5-7-9-8-6-4-2;1-2-5-8-6-3-4-7-8;1-2-4-5-3-1;;;/h3-8H2,1-2H3;6-7H,2-3,5H2,1H3;1-3H,4H2;2*1H;/q;2*-1;;;+2/p-2. The van der Waals surface area contributed by atoms with Crippen LogP contribution in [0.4, 0.5) is 0 Å². The Hall–Kier alpha value is 0.640. The molecule has 2 rings (SSSR count). The zero-order chi connectivity index (χ0) is 17.2. The molecule has 142 valence electrons. The van der Waals surface area contributed by atoms with Crippen LogP contribution in [0.15, 0.2) is 36.0 Å². The number of hydrogen-bond donors (Lipinski definition) is 0. The molecule has 25 heavy (non-hydrogen) atoms. The number of allylic oxidation sites excluding steroid dienone is 8. The van der Waals surface area contributed by atoms with E-state index >= 15 is 0 Å². The fraction of sp³-hybridized carbons (Fsp3) is 0.619. The summed E-state index contributed by atoms with van der Waals surface area (Å²) in [5.74, 6) is 0. The van der Waals surface area contributed by atoms with Crippen molar-refractivity contribution in [1.82, 2.24) is 0 Å². The first kappa shape index (κ1) is 30.4. The summed E-state index contributed by atoms with van der Waals surface area (Å²) in [6.45, 7) is 6.79. The van der Waals surface area contributed by atoms with Crippen LogP contribution in [0.25, 0.3) is 0 Å². The zero-order valence-corrected chi connectivity index (χ0v) is 21.2. The maximum atomic E-state index is 3.14. The van der Waals surface area contributed by atoms with Gasteiger partial charge >= 0.3 is 80.4 Å². The number of rotatable bonds is 8. The van der Waals surface area contributed by atoms with E-state index < -0.39 is 0 Å². The van der Waals surface area contributed by atoms with Gasteiger partial charge < -0.3 is 24.8 Å². The first-order chi connectivity index (χ1) is 11.2. The van der Waals surface area contributed by atoms with Gasteiger partial charge in [0.25, 0.3) is 0 Å². The van der Waals surface area contributed by atoms with Gasteiger partial charge in [-0.05, 0) is 0 Å². The molecule has 2 aliphatic carbocycles. The van der Waals surface area contributed by atoms with Gasteiger partial charge in [-0.2, -0.15) is 12.2 Å². The maximum absolute atomic E-state index is 3.14. The molecule has 0 saturated heterocycles. The van der Waals surface area contributed by atoms with Gasteiger partial charge in [0.1, 0.15) is 0 Å². The van der Waals surface area contributed by atoms with E-state index in [0.29, 0.717) is 0 Å². The maximum Gasteiger partial charge on any atom is -0.109 e. The van der Waals surface area contributed by atoms with Crippen molar-refractivity contribution in [3.8, 4) is 0 Å². The summed E-state index contributed by atoms with van der Waals surface area (Å²) in [6.07, 6.45) is 26.8. The first-order valence-electron chi connectivity index (χ1n) is 9.28. The third-order valence-corrected chi connectivity index (χ3v) is 9.16. The largest absolute Gasteiger partial charge is 1.00 e. The fourth-order valence-electron chi connectivity index (χ4n) is 2.15. The zero-order valence-electron chi connectivity index (χ0n) is 16.2. The minimum absolute atomic E-state index is 0. The molecule has 0 N–H and O–H groups in total. The molecule has 0 atom stereocenters. The molecule has 0 aliphatic heterocycles. The van der Waals surface area contributed by atoms with E-state index in [1.54, 1.807) is 12.1 Å². The molecule has 4 heteroatoms. The third kappa shape index (κ3) is 22.6. The topological polar surface area (TPSA) is 0 Å². The Labute approximate surface area is 184 Å². The van der Waals surface area contributed by atoms with Crippen LogP contribution < -0.4 is 24.8 Å². The van der Waals surface area contributed by atoms with Crippen molar-refractivity contribution in [2.75, 3.05) is 0 Å². The molecule has 0 bridgehead atoms. The van der Waals surface area contributed by atoms with Gasteiger partial charge in [-0.3, -0.25) is 12.2 Å². The van der Waals surface area contributed by atoms with Crippen molar-refractivity contribution in [3.63, 3.8) is 0 Å². The predicted molar refractivity (Wildman–Crippen MR) is 102 cm³/mol. The molecule has 0 unspecified atom stereocenters. The molecule has 2 aliphatic rings. The molecule has 0 fully saturated rings. The predicted octanol–water partition coefficient (Wildman–Crippen LogP) is 0.915. The van der Waals surface area contributed by atoms with Crippen LogP contribution in [0.1, 0.15) is 72.1 Å². The van der Waals surface area contributed by atoms with Crippen LogP contribution in [0.2, 0.25) is 12.1 Å². The Balaban J connectivity index is -0.000000291. The Morgan fingerprint density at radius 1 is 0.960 bits per heavy atom. The Bertz CT molecular complexity index is 392. The van der Waals surface area contributed by atoms with Crippen molar-refractivity contribution in [2.45, 2.75) is 84.2 Å². The Morgan fingerprint density at radius 2 is 1.60 bits per heavy atom. The number of unbranched alkanes of at least 4 members (excludes halogenated alkanes) is 2. The summed E-state index contributed by atoms with van der Waals surface area (Å²) in [5.41, 5.74) is 1.64. The van der Waals surface area contributed by atoms with Gasteiger partial charge in [-0.15, -0.1) is 12.8 Å². The summed E-state index contributed by atoms with van der Waals surface area (Å²) in [7, 11) is 0. The smallest absolute Gasteiger partial charge is 0.109 e. The molecule has 0 aromatic carbocycles. The minimum atomic E-state index is 0. The molecule has 0 aromatic rings. The minimum Gasteiger partial charge on any atom is -1.00 e. The number of hydrogen-bond acceptors (Lipinski definition) is 0. The molecule has 0 nitrogen and oxygen atoms in total. The van der Waals surface area contributed by atoms with Crippen molar-refractivity contribution in [2.24, 2.45) is 0 Å². The van der Waals surface area contributed by atoms with Crippen LogP contribution in [0.3, 0.4) is 0 Å². The Morgan fingerprint density at radius 3 is 1.92 bits per heavy atom. The van der Waals surface area contributed by atoms with E-state index in [9.17, 15) is 0 Å². The van der Waals surface area contributed by atoms with Gasteiger partial charge in [0.15, 0.2) is 0 Å². The van der Waals surface area contributed by atoms with Crippen molar-refractivity contribution < 1.29 is 48.1 Å². The van der Waals surface area contributed by atoms with Crippen molar-refractivity contribution in [1.29, 1.82) is 0 Å². The SMILES string of the molecule is CCCC1=CC[C-]=C1.CCCC[Si](=[Zr+2])CCCC.[C-]1=CC=CC1.[Cl-].[Cl-]. The second-order valence-corrected chi connectivity index (χ2v) is 13.3. The van der Waals surface area contributed by atoms with Crippen LogP contribution in [-0.2, 0) is 23.3 Å². The number of halogens is 2. The summed E-state index contributed by atoms with van der Waals surface area (Å²) in [4.78, 5) is 0. The van der Waals surface area contributed by atoms with E-state index in [4.69, 9.17) is 0 Å². The Kier molecular flexibility index (Phi) is 29.9. The van der Waals surface area contributed by atoms with Crippen LogP contribution >= 0.6 is 0 Å². The summed E-state index contributed by atoms with van der Waals surface area (Å²) in [6, 6.07) is 3.17. The molecular formula is C21H34Cl2SiZr-2. The molecule has 0 saturated carbocycles. The third-order valence-electron chi connectivity index (χ3n) is 3.56.